The van der Waals surface area contributed by atoms with Crippen molar-refractivity contribution in [1.29, 1.82) is 5.41 Å². The Morgan fingerprint density at radius 3 is 2.56 bits per heavy atom. The number of rotatable bonds is 12. The lowest BCUT2D eigenvalue weighted by Crippen LogP contribution is -2.28. The third kappa shape index (κ3) is 6.51. The average molecular weight is 531 g/mol. The lowest BCUT2D eigenvalue weighted by atomic mass is 9.89. The van der Waals surface area contributed by atoms with Gasteiger partial charge in [0.25, 0.3) is 5.91 Å². The maximum atomic E-state index is 12.7. The van der Waals surface area contributed by atoms with E-state index in [-0.39, 0.29) is 36.2 Å². The molecule has 200 valence electrons. The number of hydrogen-bond donors (Lipinski definition) is 4. The van der Waals surface area contributed by atoms with Crippen LogP contribution in [-0.2, 0) is 9.47 Å². The monoisotopic (exact) mass is 530 g/mol. The molecule has 0 atom stereocenters. The lowest BCUT2D eigenvalue weighted by Gasteiger charge is -2.17. The molecule has 0 radical (unpaired) electrons. The first kappa shape index (κ1) is 27.1. The summed E-state index contributed by atoms with van der Waals surface area (Å²) in [6, 6.07) is 14.5. The van der Waals surface area contributed by atoms with E-state index >= 15 is 0 Å². The van der Waals surface area contributed by atoms with E-state index in [0.717, 1.165) is 0 Å². The van der Waals surface area contributed by atoms with E-state index in [4.69, 9.17) is 30.6 Å². The first-order valence-corrected chi connectivity index (χ1v) is 12.0. The normalized spacial score (nSPS) is 10.9. The highest BCUT2D eigenvalue weighted by molar-refractivity contribution is 6.09. The molecular formula is C27H26N6O6. The number of nitrogens with two attached hydrogens (primary N) is 1. The fraction of sp³-hybridized carbons (Fsp3) is 0.222. The third-order valence-corrected chi connectivity index (χ3v) is 5.83. The molecule has 1 amide bonds. The molecule has 0 aromatic heterocycles. The zero-order chi connectivity index (χ0) is 27.8. The second-order valence-electron chi connectivity index (χ2n) is 8.44. The van der Waals surface area contributed by atoms with Crippen molar-refractivity contribution >= 4 is 28.5 Å². The van der Waals surface area contributed by atoms with Gasteiger partial charge in [-0.1, -0.05) is 11.2 Å². The first-order chi connectivity index (χ1) is 18.9. The van der Waals surface area contributed by atoms with Gasteiger partial charge in [0.2, 0.25) is 0 Å². The van der Waals surface area contributed by atoms with E-state index in [0.29, 0.717) is 58.9 Å². The second kappa shape index (κ2) is 12.6. The number of nitrogens with one attached hydrogen (secondary N) is 2. The Balaban J connectivity index is 1.54. The summed E-state index contributed by atoms with van der Waals surface area (Å²) in [5.74, 6) is -1.23. The van der Waals surface area contributed by atoms with Crippen LogP contribution in [0.25, 0.3) is 43.9 Å². The van der Waals surface area contributed by atoms with E-state index in [1.807, 2.05) is 0 Å². The molecule has 1 heterocycles. The van der Waals surface area contributed by atoms with Crippen LogP contribution in [0.15, 0.2) is 64.1 Å². The van der Waals surface area contributed by atoms with Gasteiger partial charge in [-0.15, -0.1) is 0 Å². The van der Waals surface area contributed by atoms with Crippen molar-refractivity contribution in [2.24, 2.45) is 5.11 Å². The smallest absolute Gasteiger partial charge is 0.336 e. The standard InChI is InChI=1S/C27H26N6O6/c28-17-2-5-20-23(14-17)39-24-15-18(29)3-6-21(24)25(20)19-4-1-16(13-22(19)27(35)36)26(34)31-7-9-37-11-12-38-10-8-32-33-30/h1-6,13-15,28H,7-12,29H2,(H,31,34)(H,35,36). The minimum atomic E-state index is -1.20. The number of azide groups is 1. The van der Waals surface area contributed by atoms with E-state index in [2.05, 4.69) is 15.3 Å². The van der Waals surface area contributed by atoms with E-state index in [9.17, 15) is 14.7 Å². The van der Waals surface area contributed by atoms with Crippen LogP contribution in [0.3, 0.4) is 0 Å². The zero-order valence-corrected chi connectivity index (χ0v) is 20.8. The first-order valence-electron chi connectivity index (χ1n) is 12.0. The number of aromatic carboxylic acids is 1. The van der Waals surface area contributed by atoms with Gasteiger partial charge in [0.1, 0.15) is 11.3 Å². The molecule has 5 N–H and O–H groups in total. The van der Waals surface area contributed by atoms with Crippen LogP contribution in [0.4, 0.5) is 5.69 Å². The van der Waals surface area contributed by atoms with Crippen LogP contribution in [0.5, 0.6) is 0 Å². The molecule has 0 unspecified atom stereocenters. The van der Waals surface area contributed by atoms with Gasteiger partial charge in [0.15, 0.2) is 0 Å². The van der Waals surface area contributed by atoms with Crippen LogP contribution < -0.4 is 16.4 Å². The molecule has 0 bridgehead atoms. The van der Waals surface area contributed by atoms with Crippen molar-refractivity contribution in [1.82, 2.24) is 5.32 Å². The Labute approximate surface area is 222 Å². The number of ether oxygens (including phenoxy) is 2. The van der Waals surface area contributed by atoms with Crippen LogP contribution >= 0.6 is 0 Å². The molecule has 1 aliphatic carbocycles. The molecule has 0 saturated carbocycles. The average Bonchev–Trinajstić information content (AvgIpc) is 2.92. The molecule has 12 heteroatoms. The number of nitrogen functional groups attached to an aromatic ring is 1. The van der Waals surface area contributed by atoms with E-state index < -0.39 is 11.9 Å². The second-order valence-corrected chi connectivity index (χ2v) is 8.44. The maximum absolute atomic E-state index is 12.7. The van der Waals surface area contributed by atoms with Crippen LogP contribution in [0, 0.1) is 5.41 Å². The SMILES string of the molecule is [N-]=[N+]=NCCOCCOCCNC(=O)c1ccc(-c2c3ccc(=N)cc-3oc3cc(N)ccc23)c(C(=O)O)c1. The van der Waals surface area contributed by atoms with Gasteiger partial charge >= 0.3 is 5.97 Å². The predicted octanol–water partition coefficient (Wildman–Crippen LogP) is 4.04. The van der Waals surface area contributed by atoms with Gasteiger partial charge in [0.05, 0.1) is 37.3 Å². The van der Waals surface area contributed by atoms with Crippen molar-refractivity contribution in [3.8, 4) is 22.5 Å². The Morgan fingerprint density at radius 1 is 1.03 bits per heavy atom. The predicted molar refractivity (Wildman–Crippen MR) is 143 cm³/mol. The Hall–Kier alpha value is -4.90. The molecule has 12 nitrogen and oxygen atoms in total. The summed E-state index contributed by atoms with van der Waals surface area (Å²) in [4.78, 5) is 27.7. The summed E-state index contributed by atoms with van der Waals surface area (Å²) in [5.41, 5.74) is 16.8. The van der Waals surface area contributed by atoms with Crippen molar-refractivity contribution in [3.63, 3.8) is 0 Å². The Kier molecular flexibility index (Phi) is 8.75. The summed E-state index contributed by atoms with van der Waals surface area (Å²) in [6.45, 7) is 1.63. The van der Waals surface area contributed by atoms with Crippen LogP contribution in [0.1, 0.15) is 20.7 Å². The summed E-state index contributed by atoms with van der Waals surface area (Å²) in [5, 5.41) is 25.0. The van der Waals surface area contributed by atoms with Gasteiger partial charge < -0.3 is 35.5 Å². The molecule has 2 aliphatic rings. The third-order valence-electron chi connectivity index (χ3n) is 5.83. The number of amides is 1. The van der Waals surface area contributed by atoms with Crippen molar-refractivity contribution in [3.05, 3.63) is 81.5 Å². The van der Waals surface area contributed by atoms with Gasteiger partial charge in [-0.25, -0.2) is 4.79 Å². The Morgan fingerprint density at radius 2 is 1.79 bits per heavy atom. The number of hydrogen-bond acceptors (Lipinski definition) is 8. The molecule has 2 aromatic rings. The lowest BCUT2D eigenvalue weighted by molar-refractivity contribution is 0.0511. The molecule has 2 aromatic carbocycles. The Bertz CT molecular complexity index is 1590. The van der Waals surface area contributed by atoms with Crippen molar-refractivity contribution in [2.45, 2.75) is 0 Å². The van der Waals surface area contributed by atoms with E-state index in [1.165, 1.54) is 6.07 Å². The molecular weight excluding hydrogens is 504 g/mol. The number of carbonyl (C=O) groups excluding carboxylic acids is 1. The summed E-state index contributed by atoms with van der Waals surface area (Å²) < 4.78 is 16.6. The summed E-state index contributed by atoms with van der Waals surface area (Å²) >= 11 is 0. The van der Waals surface area contributed by atoms with Crippen molar-refractivity contribution < 1.29 is 28.6 Å². The number of carboxylic acids is 1. The van der Waals surface area contributed by atoms with Gasteiger partial charge in [-0.3, -0.25) is 4.79 Å². The van der Waals surface area contributed by atoms with Crippen LogP contribution in [-0.4, -0.2) is 56.5 Å². The number of nitrogens with zero attached hydrogens (tertiary/aromatic N) is 3. The number of anilines is 1. The fourth-order valence-corrected chi connectivity index (χ4v) is 4.09. The number of carboxylic acid groups (broad SMARTS) is 1. The highest BCUT2D eigenvalue weighted by atomic mass is 16.5. The highest BCUT2D eigenvalue weighted by Crippen LogP contribution is 2.41. The zero-order valence-electron chi connectivity index (χ0n) is 20.8. The van der Waals surface area contributed by atoms with Gasteiger partial charge in [-0.2, -0.15) is 0 Å². The topological polar surface area (TPSA) is 197 Å². The number of carbonyl (C=O) groups is 2. The minimum Gasteiger partial charge on any atom is -0.478 e. The number of benzene rings is 3. The van der Waals surface area contributed by atoms with Crippen LogP contribution in [0.2, 0.25) is 0 Å². The molecule has 0 spiro atoms. The maximum Gasteiger partial charge on any atom is 0.336 e. The largest absolute Gasteiger partial charge is 0.478 e. The molecule has 39 heavy (non-hydrogen) atoms. The number of fused-ring (bicyclic) bond motifs is 2. The van der Waals surface area contributed by atoms with Gasteiger partial charge in [0, 0.05) is 57.9 Å². The van der Waals surface area contributed by atoms with E-state index in [1.54, 1.807) is 48.5 Å². The minimum absolute atomic E-state index is 0.0580. The molecule has 1 aliphatic heterocycles. The summed E-state index contributed by atoms with van der Waals surface area (Å²) in [6.07, 6.45) is 0. The molecule has 4 rings (SSSR count). The quantitative estimate of drug-likeness (QED) is 0.0529. The summed E-state index contributed by atoms with van der Waals surface area (Å²) in [7, 11) is 0. The fourth-order valence-electron chi connectivity index (χ4n) is 4.09. The molecule has 0 fully saturated rings. The molecule has 0 saturated heterocycles. The highest BCUT2D eigenvalue weighted by Gasteiger charge is 2.22. The van der Waals surface area contributed by atoms with Crippen molar-refractivity contribution in [2.75, 3.05) is 45.3 Å². The van der Waals surface area contributed by atoms with Gasteiger partial charge in [-0.05, 0) is 47.5 Å².